The molecule has 0 radical (unpaired) electrons. The molecule has 0 aromatic heterocycles. The lowest BCUT2D eigenvalue weighted by atomic mass is 10.2. The van der Waals surface area contributed by atoms with E-state index in [0.717, 1.165) is 64.8 Å². The maximum Gasteiger partial charge on any atom is 0.220 e. The van der Waals surface area contributed by atoms with Gasteiger partial charge < -0.3 is 24.3 Å². The topological polar surface area (TPSA) is 66.0 Å². The minimum absolute atomic E-state index is 0.160. The Labute approximate surface area is 185 Å². The van der Waals surface area contributed by atoms with Crippen LogP contribution in [0.2, 0.25) is 0 Å². The van der Waals surface area contributed by atoms with Gasteiger partial charge in [0, 0.05) is 32.3 Å². The summed E-state index contributed by atoms with van der Waals surface area (Å²) in [6.07, 6.45) is 10.6. The molecular formula is C24H49NO5. The van der Waals surface area contributed by atoms with E-state index in [4.69, 9.17) is 18.9 Å². The molecule has 0 bridgehead atoms. The molecule has 30 heavy (non-hydrogen) atoms. The molecule has 180 valence electrons. The second kappa shape index (κ2) is 23.0. The summed E-state index contributed by atoms with van der Waals surface area (Å²) in [6.45, 7) is 13.3. The molecule has 0 rings (SSSR count). The Kier molecular flexibility index (Phi) is 22.5. The van der Waals surface area contributed by atoms with Crippen LogP contribution in [0.25, 0.3) is 0 Å². The highest BCUT2D eigenvalue weighted by Gasteiger charge is 2.04. The molecule has 1 amide bonds. The summed E-state index contributed by atoms with van der Waals surface area (Å²) in [7, 11) is 0. The van der Waals surface area contributed by atoms with Crippen molar-refractivity contribution < 1.29 is 23.7 Å². The van der Waals surface area contributed by atoms with Crippen molar-refractivity contribution in [2.75, 3.05) is 46.2 Å². The van der Waals surface area contributed by atoms with Crippen molar-refractivity contribution in [3.8, 4) is 0 Å². The summed E-state index contributed by atoms with van der Waals surface area (Å²) in [6, 6.07) is 0.274. The van der Waals surface area contributed by atoms with Gasteiger partial charge in [0.1, 0.15) is 0 Å². The van der Waals surface area contributed by atoms with E-state index < -0.39 is 0 Å². The highest BCUT2D eigenvalue weighted by Crippen LogP contribution is 2.04. The number of hydrogen-bond donors (Lipinski definition) is 1. The molecule has 0 aromatic rings. The van der Waals surface area contributed by atoms with E-state index in [1.807, 2.05) is 6.92 Å². The summed E-state index contributed by atoms with van der Waals surface area (Å²) in [5.74, 6) is 0.160. The predicted octanol–water partition coefficient (Wildman–Crippen LogP) is 4.89. The zero-order valence-electron chi connectivity index (χ0n) is 20.2. The smallest absolute Gasteiger partial charge is 0.220 e. The van der Waals surface area contributed by atoms with Gasteiger partial charge in [0.25, 0.3) is 0 Å². The fourth-order valence-corrected chi connectivity index (χ4v) is 2.72. The molecule has 0 heterocycles. The zero-order chi connectivity index (χ0) is 22.3. The highest BCUT2D eigenvalue weighted by atomic mass is 16.5. The number of carbonyl (C=O) groups excluding carboxylic acids is 1. The van der Waals surface area contributed by atoms with E-state index in [1.165, 1.54) is 12.8 Å². The molecule has 0 aliphatic heterocycles. The SMILES string of the molecule is CCC(C)NC(=O)CCCCCOCCOCCOCCCCCCOC(C)CC. The average Bonchev–Trinajstić information content (AvgIpc) is 2.74. The molecule has 0 aromatic carbocycles. The third-order valence-electron chi connectivity index (χ3n) is 5.12. The first-order valence-corrected chi connectivity index (χ1v) is 12.2. The Hall–Kier alpha value is -0.690. The number of nitrogens with one attached hydrogen (secondary N) is 1. The molecule has 0 fully saturated rings. The molecule has 0 saturated heterocycles. The molecule has 0 aliphatic rings. The van der Waals surface area contributed by atoms with E-state index in [1.54, 1.807) is 0 Å². The van der Waals surface area contributed by atoms with Gasteiger partial charge in [0.15, 0.2) is 0 Å². The summed E-state index contributed by atoms with van der Waals surface area (Å²) in [5, 5.41) is 2.99. The maximum absolute atomic E-state index is 11.6. The lowest BCUT2D eigenvalue weighted by Gasteiger charge is -2.11. The number of ether oxygens (including phenoxy) is 4. The fourth-order valence-electron chi connectivity index (χ4n) is 2.72. The van der Waals surface area contributed by atoms with Crippen LogP contribution < -0.4 is 5.32 Å². The minimum atomic E-state index is 0.160. The maximum atomic E-state index is 11.6. The number of rotatable bonds is 23. The predicted molar refractivity (Wildman–Crippen MR) is 123 cm³/mol. The first kappa shape index (κ1) is 29.3. The Bertz CT molecular complexity index is 368. The molecule has 6 nitrogen and oxygen atoms in total. The van der Waals surface area contributed by atoms with Crippen molar-refractivity contribution in [1.82, 2.24) is 5.32 Å². The Morgan fingerprint density at radius 3 is 1.70 bits per heavy atom. The fraction of sp³-hybridized carbons (Fsp3) is 0.958. The Morgan fingerprint density at radius 2 is 1.17 bits per heavy atom. The van der Waals surface area contributed by atoms with E-state index in [-0.39, 0.29) is 11.9 Å². The normalized spacial score (nSPS) is 13.3. The standard InChI is InChI=1S/C24H49NO5/c1-5-22(3)25-24(26)14-10-9-12-16-28-19-21-29-20-18-27-15-11-7-8-13-17-30-23(4)6-2/h22-23H,5-21H2,1-4H3,(H,25,26). The second-order valence-corrected chi connectivity index (χ2v) is 8.03. The Balaban J connectivity index is 3.12. The molecular weight excluding hydrogens is 382 g/mol. The zero-order valence-corrected chi connectivity index (χ0v) is 20.2. The third-order valence-corrected chi connectivity index (χ3v) is 5.12. The van der Waals surface area contributed by atoms with E-state index in [2.05, 4.69) is 26.1 Å². The van der Waals surface area contributed by atoms with Crippen LogP contribution in [0.15, 0.2) is 0 Å². The third kappa shape index (κ3) is 22.0. The van der Waals surface area contributed by atoms with Crippen LogP contribution >= 0.6 is 0 Å². The quantitative estimate of drug-likeness (QED) is 0.233. The molecule has 2 unspecified atom stereocenters. The number of carbonyl (C=O) groups is 1. The monoisotopic (exact) mass is 431 g/mol. The molecule has 0 saturated carbocycles. The van der Waals surface area contributed by atoms with E-state index in [9.17, 15) is 4.79 Å². The van der Waals surface area contributed by atoms with Gasteiger partial charge in [-0.2, -0.15) is 0 Å². The van der Waals surface area contributed by atoms with Crippen LogP contribution in [-0.4, -0.2) is 64.3 Å². The summed E-state index contributed by atoms with van der Waals surface area (Å²) < 4.78 is 22.3. The lowest BCUT2D eigenvalue weighted by molar-refractivity contribution is -0.121. The van der Waals surface area contributed by atoms with Crippen molar-refractivity contribution in [3.63, 3.8) is 0 Å². The first-order valence-electron chi connectivity index (χ1n) is 12.2. The largest absolute Gasteiger partial charge is 0.379 e. The van der Waals surface area contributed by atoms with Crippen LogP contribution in [0.1, 0.15) is 91.9 Å². The number of hydrogen-bond acceptors (Lipinski definition) is 5. The lowest BCUT2D eigenvalue weighted by Crippen LogP contribution is -2.31. The van der Waals surface area contributed by atoms with Crippen molar-refractivity contribution in [2.45, 2.75) is 104 Å². The highest BCUT2D eigenvalue weighted by molar-refractivity contribution is 5.76. The van der Waals surface area contributed by atoms with Crippen LogP contribution in [0, 0.1) is 0 Å². The summed E-state index contributed by atoms with van der Waals surface area (Å²) in [4.78, 5) is 11.6. The molecule has 6 heteroatoms. The van der Waals surface area contributed by atoms with Gasteiger partial charge in [-0.05, 0) is 52.4 Å². The summed E-state index contributed by atoms with van der Waals surface area (Å²) in [5.41, 5.74) is 0. The molecule has 0 aliphatic carbocycles. The van der Waals surface area contributed by atoms with Gasteiger partial charge in [-0.25, -0.2) is 0 Å². The van der Waals surface area contributed by atoms with Crippen LogP contribution in [-0.2, 0) is 23.7 Å². The number of unbranched alkanes of at least 4 members (excludes halogenated alkanes) is 5. The Morgan fingerprint density at radius 1 is 0.667 bits per heavy atom. The van der Waals surface area contributed by atoms with Crippen LogP contribution in [0.5, 0.6) is 0 Å². The van der Waals surface area contributed by atoms with Crippen molar-refractivity contribution in [2.24, 2.45) is 0 Å². The van der Waals surface area contributed by atoms with Gasteiger partial charge in [0.2, 0.25) is 5.91 Å². The van der Waals surface area contributed by atoms with Gasteiger partial charge >= 0.3 is 0 Å². The minimum Gasteiger partial charge on any atom is -0.379 e. The molecule has 1 N–H and O–H groups in total. The van der Waals surface area contributed by atoms with E-state index >= 15 is 0 Å². The second-order valence-electron chi connectivity index (χ2n) is 8.03. The summed E-state index contributed by atoms with van der Waals surface area (Å²) >= 11 is 0. The van der Waals surface area contributed by atoms with E-state index in [0.29, 0.717) is 39.0 Å². The van der Waals surface area contributed by atoms with Crippen LogP contribution in [0.4, 0.5) is 0 Å². The van der Waals surface area contributed by atoms with Gasteiger partial charge in [-0.3, -0.25) is 4.79 Å². The van der Waals surface area contributed by atoms with Gasteiger partial charge in [-0.1, -0.05) is 33.1 Å². The van der Waals surface area contributed by atoms with Gasteiger partial charge in [0.05, 0.1) is 32.5 Å². The average molecular weight is 432 g/mol. The van der Waals surface area contributed by atoms with Crippen LogP contribution in [0.3, 0.4) is 0 Å². The number of amides is 1. The van der Waals surface area contributed by atoms with Crippen molar-refractivity contribution in [1.29, 1.82) is 0 Å². The van der Waals surface area contributed by atoms with Crippen molar-refractivity contribution >= 4 is 5.91 Å². The first-order chi connectivity index (χ1) is 14.6. The molecule has 0 spiro atoms. The molecule has 2 atom stereocenters. The van der Waals surface area contributed by atoms with Gasteiger partial charge in [-0.15, -0.1) is 0 Å². The van der Waals surface area contributed by atoms with Crippen molar-refractivity contribution in [3.05, 3.63) is 0 Å².